The van der Waals surface area contributed by atoms with E-state index in [0.29, 0.717) is 12.0 Å². The highest BCUT2D eigenvalue weighted by Crippen LogP contribution is 2.11. The largest absolute Gasteiger partial charge is 0.481 e. The van der Waals surface area contributed by atoms with Gasteiger partial charge in [-0.2, -0.15) is 0 Å². The minimum atomic E-state index is -2.36. The monoisotopic (exact) mass is 214 g/mol. The predicted octanol–water partition coefficient (Wildman–Crippen LogP) is 2.51. The van der Waals surface area contributed by atoms with Gasteiger partial charge in [-0.05, 0) is 17.5 Å². The Kier molecular flexibility index (Phi) is 4.21. The van der Waals surface area contributed by atoms with E-state index in [1.807, 2.05) is 0 Å². The molecule has 0 saturated heterocycles. The van der Waals surface area contributed by atoms with E-state index in [-0.39, 0.29) is 12.8 Å². The molecule has 4 heteroatoms. The van der Waals surface area contributed by atoms with E-state index in [1.165, 1.54) is 0 Å². The Morgan fingerprint density at radius 2 is 2.00 bits per heavy atom. The van der Waals surface area contributed by atoms with Gasteiger partial charge in [0.2, 0.25) is 6.43 Å². The zero-order chi connectivity index (χ0) is 11.3. The average molecular weight is 214 g/mol. The molecular formula is C11H12F2O2. The van der Waals surface area contributed by atoms with Crippen LogP contribution in [0.4, 0.5) is 8.78 Å². The summed E-state index contributed by atoms with van der Waals surface area (Å²) in [7, 11) is 0. The minimum Gasteiger partial charge on any atom is -0.481 e. The maximum atomic E-state index is 12.1. The van der Waals surface area contributed by atoms with Crippen molar-refractivity contribution in [2.75, 3.05) is 0 Å². The van der Waals surface area contributed by atoms with E-state index in [9.17, 15) is 13.6 Å². The van der Waals surface area contributed by atoms with Crippen LogP contribution < -0.4 is 0 Å². The Bertz CT molecular complexity index is 337. The fourth-order valence-corrected chi connectivity index (χ4v) is 1.34. The molecule has 1 N–H and O–H groups in total. The van der Waals surface area contributed by atoms with Crippen molar-refractivity contribution in [3.05, 3.63) is 35.4 Å². The molecule has 82 valence electrons. The van der Waals surface area contributed by atoms with Gasteiger partial charge < -0.3 is 5.11 Å². The quantitative estimate of drug-likeness (QED) is 0.817. The molecule has 0 heterocycles. The molecule has 0 aliphatic rings. The first-order chi connectivity index (χ1) is 7.08. The van der Waals surface area contributed by atoms with Crippen LogP contribution in [0.25, 0.3) is 0 Å². The Hall–Kier alpha value is -1.45. The molecule has 0 atom stereocenters. The highest BCUT2D eigenvalue weighted by molar-refractivity contribution is 5.67. The first-order valence-corrected chi connectivity index (χ1v) is 4.65. The highest BCUT2D eigenvalue weighted by atomic mass is 19.3. The van der Waals surface area contributed by atoms with Gasteiger partial charge in [-0.1, -0.05) is 24.3 Å². The van der Waals surface area contributed by atoms with Crippen molar-refractivity contribution in [1.82, 2.24) is 0 Å². The number of rotatable bonds is 5. The van der Waals surface area contributed by atoms with E-state index in [1.54, 1.807) is 24.3 Å². The molecule has 0 fully saturated rings. The minimum absolute atomic E-state index is 0.0259. The zero-order valence-corrected chi connectivity index (χ0v) is 8.12. The Balaban J connectivity index is 2.61. The van der Waals surface area contributed by atoms with E-state index >= 15 is 0 Å². The van der Waals surface area contributed by atoms with E-state index in [4.69, 9.17) is 5.11 Å². The molecule has 1 aromatic rings. The van der Waals surface area contributed by atoms with Gasteiger partial charge in [0.1, 0.15) is 0 Å². The van der Waals surface area contributed by atoms with Gasteiger partial charge in [0.05, 0.1) is 0 Å². The number of carboxylic acids is 1. The molecule has 0 spiro atoms. The van der Waals surface area contributed by atoms with Crippen LogP contribution in [0, 0.1) is 0 Å². The van der Waals surface area contributed by atoms with Crippen LogP contribution in [0.15, 0.2) is 24.3 Å². The molecule has 0 aliphatic heterocycles. The summed E-state index contributed by atoms with van der Waals surface area (Å²) in [6, 6.07) is 6.68. The smallest absolute Gasteiger partial charge is 0.303 e. The van der Waals surface area contributed by atoms with Crippen molar-refractivity contribution in [1.29, 1.82) is 0 Å². The Morgan fingerprint density at radius 1 is 1.33 bits per heavy atom. The van der Waals surface area contributed by atoms with Crippen LogP contribution in [0.3, 0.4) is 0 Å². The number of carbonyl (C=O) groups is 1. The van der Waals surface area contributed by atoms with Gasteiger partial charge in [-0.3, -0.25) is 4.79 Å². The molecule has 2 nitrogen and oxygen atoms in total. The molecule has 15 heavy (non-hydrogen) atoms. The standard InChI is InChI=1S/C11H12F2O2/c12-10(13)7-9-3-1-2-8(6-9)4-5-11(14)15/h1-3,6,10H,4-5,7H2,(H,14,15). The second kappa shape index (κ2) is 5.44. The van der Waals surface area contributed by atoms with Crippen molar-refractivity contribution >= 4 is 5.97 Å². The van der Waals surface area contributed by atoms with E-state index in [2.05, 4.69) is 0 Å². The average Bonchev–Trinajstić information content (AvgIpc) is 2.14. The molecule has 0 aliphatic carbocycles. The second-order valence-electron chi connectivity index (χ2n) is 3.31. The van der Waals surface area contributed by atoms with Gasteiger partial charge in [0.15, 0.2) is 0 Å². The number of halogens is 2. The van der Waals surface area contributed by atoms with Crippen molar-refractivity contribution < 1.29 is 18.7 Å². The molecule has 0 saturated carbocycles. The topological polar surface area (TPSA) is 37.3 Å². The van der Waals surface area contributed by atoms with Crippen LogP contribution in [0.2, 0.25) is 0 Å². The van der Waals surface area contributed by atoms with E-state index in [0.717, 1.165) is 5.56 Å². The normalized spacial score (nSPS) is 10.6. The van der Waals surface area contributed by atoms with Crippen LogP contribution in [0.1, 0.15) is 17.5 Å². The van der Waals surface area contributed by atoms with Gasteiger partial charge in [0.25, 0.3) is 0 Å². The lowest BCUT2D eigenvalue weighted by Crippen LogP contribution is -2.00. The molecule has 0 aromatic heterocycles. The number of hydrogen-bond donors (Lipinski definition) is 1. The van der Waals surface area contributed by atoms with Crippen LogP contribution in [-0.2, 0) is 17.6 Å². The van der Waals surface area contributed by atoms with Gasteiger partial charge in [-0.25, -0.2) is 8.78 Å². The van der Waals surface area contributed by atoms with Crippen molar-refractivity contribution in [3.63, 3.8) is 0 Å². The summed E-state index contributed by atoms with van der Waals surface area (Å²) in [6.45, 7) is 0. The number of aliphatic carboxylic acids is 1. The number of carboxylic acid groups (broad SMARTS) is 1. The van der Waals surface area contributed by atoms with Crippen molar-refractivity contribution in [2.24, 2.45) is 0 Å². The number of alkyl halides is 2. The summed E-state index contributed by atoms with van der Waals surface area (Å²) in [4.78, 5) is 10.3. The molecule has 1 aromatic carbocycles. The first-order valence-electron chi connectivity index (χ1n) is 4.65. The van der Waals surface area contributed by atoms with Gasteiger partial charge in [-0.15, -0.1) is 0 Å². The molecular weight excluding hydrogens is 202 g/mol. The van der Waals surface area contributed by atoms with Crippen LogP contribution in [0.5, 0.6) is 0 Å². The maximum Gasteiger partial charge on any atom is 0.303 e. The number of aryl methyl sites for hydroxylation is 1. The summed E-state index contributed by atoms with van der Waals surface area (Å²) in [6.07, 6.45) is -2.23. The summed E-state index contributed by atoms with van der Waals surface area (Å²) >= 11 is 0. The van der Waals surface area contributed by atoms with Crippen molar-refractivity contribution in [3.8, 4) is 0 Å². The predicted molar refractivity (Wildman–Crippen MR) is 52.1 cm³/mol. The molecule has 0 radical (unpaired) electrons. The number of benzene rings is 1. The third-order valence-corrected chi connectivity index (χ3v) is 2.01. The summed E-state index contributed by atoms with van der Waals surface area (Å²) in [5.41, 5.74) is 1.34. The molecule has 0 amide bonds. The Labute approximate surface area is 86.5 Å². The molecule has 1 rings (SSSR count). The Morgan fingerprint density at radius 3 is 2.60 bits per heavy atom. The van der Waals surface area contributed by atoms with Crippen LogP contribution in [-0.4, -0.2) is 17.5 Å². The first kappa shape index (κ1) is 11.6. The fraction of sp³-hybridized carbons (Fsp3) is 0.364. The third kappa shape index (κ3) is 4.54. The lowest BCUT2D eigenvalue weighted by molar-refractivity contribution is -0.136. The molecule has 0 bridgehead atoms. The van der Waals surface area contributed by atoms with Gasteiger partial charge >= 0.3 is 5.97 Å². The van der Waals surface area contributed by atoms with Gasteiger partial charge in [0, 0.05) is 12.8 Å². The van der Waals surface area contributed by atoms with E-state index < -0.39 is 12.4 Å². The summed E-state index contributed by atoms with van der Waals surface area (Å²) in [5, 5.41) is 8.47. The van der Waals surface area contributed by atoms with Crippen molar-refractivity contribution in [2.45, 2.75) is 25.7 Å². The summed E-state index contributed by atoms with van der Waals surface area (Å²) in [5.74, 6) is -0.880. The number of hydrogen-bond acceptors (Lipinski definition) is 1. The van der Waals surface area contributed by atoms with Crippen LogP contribution >= 0.6 is 0 Å². The fourth-order valence-electron chi connectivity index (χ4n) is 1.34. The summed E-state index contributed by atoms with van der Waals surface area (Å²) < 4.78 is 24.1. The SMILES string of the molecule is O=C(O)CCc1cccc(CC(F)F)c1. The highest BCUT2D eigenvalue weighted by Gasteiger charge is 2.05. The third-order valence-electron chi connectivity index (χ3n) is 2.01. The molecule has 0 unspecified atom stereocenters. The second-order valence-corrected chi connectivity index (χ2v) is 3.31. The maximum absolute atomic E-state index is 12.1. The lowest BCUT2D eigenvalue weighted by atomic mass is 10.0. The lowest BCUT2D eigenvalue weighted by Gasteiger charge is -2.03. The zero-order valence-electron chi connectivity index (χ0n) is 8.12.